The van der Waals surface area contributed by atoms with Crippen molar-refractivity contribution in [1.29, 1.82) is 0 Å². The Hall–Kier alpha value is -0.860. The lowest BCUT2D eigenvalue weighted by Crippen LogP contribution is -2.70. The molecule has 4 atom stereocenters. The highest BCUT2D eigenvalue weighted by molar-refractivity contribution is 6.21. The van der Waals surface area contributed by atoms with E-state index in [9.17, 15) is 9.59 Å². The third-order valence-electron chi connectivity index (χ3n) is 5.45. The summed E-state index contributed by atoms with van der Waals surface area (Å²) in [5, 5.41) is 0. The third-order valence-corrected chi connectivity index (χ3v) is 5.45. The number of hydrogen-bond acceptors (Lipinski definition) is 2. The summed E-state index contributed by atoms with van der Waals surface area (Å²) in [5.74, 6) is 2.92. The van der Waals surface area contributed by atoms with E-state index in [0.29, 0.717) is 11.8 Å². The summed E-state index contributed by atoms with van der Waals surface area (Å²) in [6.45, 7) is 0. The van der Waals surface area contributed by atoms with Crippen LogP contribution in [0.25, 0.3) is 0 Å². The van der Waals surface area contributed by atoms with Crippen LogP contribution in [-0.2, 0) is 9.59 Å². The van der Waals surface area contributed by atoms with E-state index in [1.807, 2.05) is 0 Å². The van der Waals surface area contributed by atoms with Crippen LogP contribution in [0.1, 0.15) is 25.7 Å². The summed E-state index contributed by atoms with van der Waals surface area (Å²) in [7, 11) is 1.63. The molecule has 3 nitrogen and oxygen atoms in total. The normalized spacial score (nSPS) is 49.3. The number of carbonyl (C=O) groups excluding carboxylic acids is 2. The third kappa shape index (κ3) is 0.675. The van der Waals surface area contributed by atoms with Crippen LogP contribution in [0.15, 0.2) is 0 Å². The van der Waals surface area contributed by atoms with Gasteiger partial charge in [-0.25, -0.2) is 0 Å². The van der Waals surface area contributed by atoms with Crippen LogP contribution in [0, 0.1) is 29.1 Å². The molecule has 0 aromatic heterocycles. The minimum absolute atomic E-state index is 0.118. The van der Waals surface area contributed by atoms with E-state index in [1.54, 1.807) is 7.05 Å². The smallest absolute Gasteiger partial charge is 0.244 e. The number of hydrogen-bond donors (Lipinski definition) is 0. The van der Waals surface area contributed by atoms with E-state index in [0.717, 1.165) is 24.7 Å². The van der Waals surface area contributed by atoms with E-state index in [1.165, 1.54) is 17.7 Å². The highest BCUT2D eigenvalue weighted by Crippen LogP contribution is 2.70. The Kier molecular flexibility index (Phi) is 1.18. The molecule has 5 rings (SSSR count). The Morgan fingerprint density at radius 1 is 1.20 bits per heavy atom. The van der Waals surface area contributed by atoms with Gasteiger partial charge in [0.15, 0.2) is 0 Å². The SMILES string of the molecule is CN1C(=O)C2(CC3CCC2C2CC32)C1=O. The lowest BCUT2D eigenvalue weighted by molar-refractivity contribution is -0.189. The molecule has 3 heteroatoms. The van der Waals surface area contributed by atoms with Crippen molar-refractivity contribution in [1.82, 2.24) is 4.90 Å². The predicted octanol–water partition coefficient (Wildman–Crippen LogP) is 1.04. The predicted molar refractivity (Wildman–Crippen MR) is 52.6 cm³/mol. The molecular formula is C12H15NO2. The van der Waals surface area contributed by atoms with Crippen molar-refractivity contribution in [3.63, 3.8) is 0 Å². The first-order chi connectivity index (χ1) is 7.16. The molecule has 0 radical (unpaired) electrons. The summed E-state index contributed by atoms with van der Waals surface area (Å²) >= 11 is 0. The summed E-state index contributed by atoms with van der Waals surface area (Å²) in [5.41, 5.74) is -0.532. The fourth-order valence-electron chi connectivity index (χ4n) is 4.71. The molecule has 2 amide bonds. The van der Waals surface area contributed by atoms with Crippen LogP contribution in [0.2, 0.25) is 0 Å². The molecule has 1 heterocycles. The number of β-lactam (4-membered cyclic amide) rings is 2. The van der Waals surface area contributed by atoms with Crippen LogP contribution in [-0.4, -0.2) is 23.8 Å². The Labute approximate surface area is 88.8 Å². The van der Waals surface area contributed by atoms with Gasteiger partial charge in [0.2, 0.25) is 11.8 Å². The van der Waals surface area contributed by atoms with Crippen molar-refractivity contribution in [2.45, 2.75) is 25.7 Å². The van der Waals surface area contributed by atoms with Gasteiger partial charge in [0.05, 0.1) is 0 Å². The lowest BCUT2D eigenvalue weighted by atomic mass is 9.52. The zero-order valence-corrected chi connectivity index (χ0v) is 8.90. The summed E-state index contributed by atoms with van der Waals surface area (Å²) in [6, 6.07) is 0. The van der Waals surface area contributed by atoms with E-state index in [-0.39, 0.29) is 11.8 Å². The highest BCUT2D eigenvalue weighted by Gasteiger charge is 2.73. The average molecular weight is 205 g/mol. The monoisotopic (exact) mass is 205 g/mol. The second-order valence-electron chi connectivity index (χ2n) is 5.85. The van der Waals surface area contributed by atoms with Gasteiger partial charge in [-0.1, -0.05) is 0 Å². The standard InChI is InChI=1S/C12H15NO2/c1-13-10(14)12(11(13)15)5-6-2-3-9(12)8-4-7(6)8/h6-9H,2-5H2,1H3. The minimum atomic E-state index is -0.532. The average Bonchev–Trinajstić information content (AvgIpc) is 3.08. The zero-order chi connectivity index (χ0) is 10.4. The van der Waals surface area contributed by atoms with Gasteiger partial charge < -0.3 is 0 Å². The van der Waals surface area contributed by atoms with Gasteiger partial charge in [0.1, 0.15) is 5.41 Å². The molecule has 2 bridgehead atoms. The van der Waals surface area contributed by atoms with Crippen molar-refractivity contribution in [2.24, 2.45) is 29.1 Å². The molecule has 1 aliphatic heterocycles. The molecular weight excluding hydrogens is 190 g/mol. The molecule has 80 valence electrons. The first-order valence-electron chi connectivity index (χ1n) is 5.99. The Morgan fingerprint density at radius 2 is 1.93 bits per heavy atom. The van der Waals surface area contributed by atoms with Crippen molar-refractivity contribution in [3.05, 3.63) is 0 Å². The summed E-state index contributed by atoms with van der Waals surface area (Å²) in [6.07, 6.45) is 4.55. The van der Waals surface area contributed by atoms with Gasteiger partial charge >= 0.3 is 0 Å². The fraction of sp³-hybridized carbons (Fsp3) is 0.833. The molecule has 4 saturated carbocycles. The number of likely N-dealkylation sites (tertiary alicyclic amines) is 1. The molecule has 0 aromatic rings. The lowest BCUT2D eigenvalue weighted by Gasteiger charge is -2.56. The van der Waals surface area contributed by atoms with E-state index in [2.05, 4.69) is 0 Å². The quantitative estimate of drug-likeness (QED) is 0.437. The minimum Gasteiger partial charge on any atom is -0.284 e. The van der Waals surface area contributed by atoms with Crippen molar-refractivity contribution in [3.8, 4) is 0 Å². The van der Waals surface area contributed by atoms with Gasteiger partial charge in [-0.15, -0.1) is 0 Å². The maximum atomic E-state index is 12.0. The van der Waals surface area contributed by atoms with Gasteiger partial charge in [0.25, 0.3) is 0 Å². The number of rotatable bonds is 0. The van der Waals surface area contributed by atoms with E-state index >= 15 is 0 Å². The summed E-state index contributed by atoms with van der Waals surface area (Å²) < 4.78 is 0. The highest BCUT2D eigenvalue weighted by atomic mass is 16.2. The van der Waals surface area contributed by atoms with Crippen molar-refractivity contribution >= 4 is 11.8 Å². The molecule has 5 fully saturated rings. The Morgan fingerprint density at radius 3 is 2.60 bits per heavy atom. The van der Waals surface area contributed by atoms with Crippen LogP contribution < -0.4 is 0 Å². The molecule has 4 aliphatic carbocycles. The first-order valence-corrected chi connectivity index (χ1v) is 5.99. The van der Waals surface area contributed by atoms with Crippen LogP contribution >= 0.6 is 0 Å². The Balaban J connectivity index is 1.79. The van der Waals surface area contributed by atoms with Gasteiger partial charge in [-0.05, 0) is 49.4 Å². The molecule has 4 unspecified atom stereocenters. The number of nitrogens with zero attached hydrogens (tertiary/aromatic N) is 1. The topological polar surface area (TPSA) is 37.4 Å². The van der Waals surface area contributed by atoms with E-state index < -0.39 is 5.41 Å². The first kappa shape index (κ1) is 8.31. The number of amides is 2. The van der Waals surface area contributed by atoms with Crippen LogP contribution in [0.4, 0.5) is 0 Å². The molecule has 1 spiro atoms. The van der Waals surface area contributed by atoms with Crippen molar-refractivity contribution in [2.75, 3.05) is 7.05 Å². The largest absolute Gasteiger partial charge is 0.284 e. The number of carbonyl (C=O) groups is 2. The Bertz CT molecular complexity index is 373. The molecule has 0 N–H and O–H groups in total. The molecule has 1 saturated heterocycles. The molecule has 15 heavy (non-hydrogen) atoms. The van der Waals surface area contributed by atoms with Gasteiger partial charge in [-0.3, -0.25) is 14.5 Å². The van der Waals surface area contributed by atoms with Crippen LogP contribution in [0.3, 0.4) is 0 Å². The van der Waals surface area contributed by atoms with E-state index in [4.69, 9.17) is 0 Å². The summed E-state index contributed by atoms with van der Waals surface area (Å²) in [4.78, 5) is 25.3. The van der Waals surface area contributed by atoms with Gasteiger partial charge in [0, 0.05) is 7.05 Å². The second kappa shape index (κ2) is 2.13. The fourth-order valence-corrected chi connectivity index (χ4v) is 4.71. The maximum absolute atomic E-state index is 12.0. The van der Waals surface area contributed by atoms with Crippen molar-refractivity contribution < 1.29 is 9.59 Å². The number of fused-ring (bicyclic) bond motifs is 1. The molecule has 0 aromatic carbocycles. The van der Waals surface area contributed by atoms with Crippen LogP contribution in [0.5, 0.6) is 0 Å². The number of imide groups is 1. The second-order valence-corrected chi connectivity index (χ2v) is 5.85. The van der Waals surface area contributed by atoms with Gasteiger partial charge in [-0.2, -0.15) is 0 Å². The molecule has 5 aliphatic rings. The zero-order valence-electron chi connectivity index (χ0n) is 8.90. The maximum Gasteiger partial charge on any atom is 0.244 e.